The van der Waals surface area contributed by atoms with Crippen LogP contribution in [0.25, 0.3) is 11.2 Å². The summed E-state index contributed by atoms with van der Waals surface area (Å²) in [4.78, 5) is 13.7. The van der Waals surface area contributed by atoms with Gasteiger partial charge in [-0.1, -0.05) is 45.7 Å². The molecule has 2 aromatic heterocycles. The maximum Gasteiger partial charge on any atom is 0.224 e. The van der Waals surface area contributed by atoms with Crippen molar-refractivity contribution >= 4 is 28.7 Å². The number of nitrogens with zero attached hydrogens (tertiary/aromatic N) is 4. The summed E-state index contributed by atoms with van der Waals surface area (Å²) in [5.41, 5.74) is 1.82. The summed E-state index contributed by atoms with van der Waals surface area (Å²) < 4.78 is 16.1. The van der Waals surface area contributed by atoms with Crippen molar-refractivity contribution < 1.29 is 4.39 Å². The predicted molar refractivity (Wildman–Crippen MR) is 112 cm³/mol. The van der Waals surface area contributed by atoms with Gasteiger partial charge in [0.2, 0.25) is 11.9 Å². The maximum atomic E-state index is 14.1. The summed E-state index contributed by atoms with van der Waals surface area (Å²) in [7, 11) is 0. The predicted octanol–water partition coefficient (Wildman–Crippen LogP) is 5.36. The van der Waals surface area contributed by atoms with E-state index in [1.165, 1.54) is 12.5 Å². The lowest BCUT2D eigenvalue weighted by Gasteiger charge is -2.14. The highest BCUT2D eigenvalue weighted by atomic mass is 19.1. The molecule has 150 valence electrons. The van der Waals surface area contributed by atoms with Crippen LogP contribution >= 0.6 is 0 Å². The van der Waals surface area contributed by atoms with E-state index in [-0.39, 0.29) is 5.82 Å². The standard InChI is InChI=1S/C21H29FN6/c1-5-6-9-15(4)24-20-23-12-18-19(27-20)28(13-14(2)3)21(26-18)25-17-11-8-7-10-16(17)22/h7-8,10-12,14-15H,5-6,9,13H2,1-4H3,(H,25,26)(H,23,24,27). The van der Waals surface area contributed by atoms with Gasteiger partial charge >= 0.3 is 0 Å². The number of imidazole rings is 1. The smallest absolute Gasteiger partial charge is 0.224 e. The monoisotopic (exact) mass is 384 g/mol. The van der Waals surface area contributed by atoms with Gasteiger partial charge in [-0.15, -0.1) is 0 Å². The van der Waals surface area contributed by atoms with Crippen molar-refractivity contribution in [3.63, 3.8) is 0 Å². The van der Waals surface area contributed by atoms with Crippen molar-refractivity contribution in [2.45, 2.75) is 59.5 Å². The molecule has 28 heavy (non-hydrogen) atoms. The van der Waals surface area contributed by atoms with E-state index < -0.39 is 0 Å². The van der Waals surface area contributed by atoms with Crippen molar-refractivity contribution in [1.82, 2.24) is 19.5 Å². The van der Waals surface area contributed by atoms with Crippen molar-refractivity contribution in [3.05, 3.63) is 36.3 Å². The van der Waals surface area contributed by atoms with E-state index in [1.807, 2.05) is 4.57 Å². The third-order valence-corrected chi connectivity index (χ3v) is 4.52. The van der Waals surface area contributed by atoms with Gasteiger partial charge in [0.1, 0.15) is 11.3 Å². The fourth-order valence-electron chi connectivity index (χ4n) is 3.11. The molecular formula is C21H29FN6. The van der Waals surface area contributed by atoms with Crippen LogP contribution in [0.15, 0.2) is 30.5 Å². The number of hydrogen-bond donors (Lipinski definition) is 2. The van der Waals surface area contributed by atoms with E-state index in [0.29, 0.717) is 35.1 Å². The van der Waals surface area contributed by atoms with Crippen molar-refractivity contribution in [2.75, 3.05) is 10.6 Å². The minimum absolute atomic E-state index is 0.301. The molecule has 7 heteroatoms. The normalized spacial score (nSPS) is 12.5. The average molecular weight is 385 g/mol. The minimum Gasteiger partial charge on any atom is -0.352 e. The minimum atomic E-state index is -0.316. The maximum absolute atomic E-state index is 14.1. The van der Waals surface area contributed by atoms with Crippen LogP contribution in [0, 0.1) is 11.7 Å². The molecule has 0 saturated heterocycles. The lowest BCUT2D eigenvalue weighted by atomic mass is 10.1. The van der Waals surface area contributed by atoms with E-state index in [1.54, 1.807) is 24.4 Å². The number of halogens is 1. The molecule has 3 rings (SSSR count). The molecule has 0 radical (unpaired) electrons. The molecular weight excluding hydrogens is 355 g/mol. The number of para-hydroxylation sites is 1. The van der Waals surface area contributed by atoms with Crippen LogP contribution in [0.5, 0.6) is 0 Å². The Morgan fingerprint density at radius 3 is 2.64 bits per heavy atom. The van der Waals surface area contributed by atoms with Gasteiger partial charge in [0, 0.05) is 12.6 Å². The number of aromatic nitrogens is 4. The van der Waals surface area contributed by atoms with Gasteiger partial charge in [0.15, 0.2) is 5.65 Å². The molecule has 6 nitrogen and oxygen atoms in total. The van der Waals surface area contributed by atoms with Gasteiger partial charge in [0.05, 0.1) is 11.9 Å². The number of rotatable bonds is 9. The number of benzene rings is 1. The van der Waals surface area contributed by atoms with E-state index in [9.17, 15) is 4.39 Å². The molecule has 0 saturated carbocycles. The number of hydrogen-bond acceptors (Lipinski definition) is 5. The Morgan fingerprint density at radius 1 is 1.14 bits per heavy atom. The molecule has 2 heterocycles. The Balaban J connectivity index is 1.94. The Bertz CT molecular complexity index is 920. The molecule has 0 spiro atoms. The molecule has 1 aromatic carbocycles. The SMILES string of the molecule is CCCCC(C)Nc1ncc2nc(Nc3ccccc3F)n(CC(C)C)c2n1. The van der Waals surface area contributed by atoms with Gasteiger partial charge in [-0.2, -0.15) is 4.98 Å². The highest BCUT2D eigenvalue weighted by Gasteiger charge is 2.16. The average Bonchev–Trinajstić information content (AvgIpc) is 2.98. The molecule has 0 aliphatic carbocycles. The lowest BCUT2D eigenvalue weighted by molar-refractivity contribution is 0.534. The quantitative estimate of drug-likeness (QED) is 0.520. The fourth-order valence-corrected chi connectivity index (χ4v) is 3.11. The zero-order valence-corrected chi connectivity index (χ0v) is 17.0. The molecule has 0 aliphatic heterocycles. The largest absolute Gasteiger partial charge is 0.352 e. The highest BCUT2D eigenvalue weighted by Crippen LogP contribution is 2.25. The van der Waals surface area contributed by atoms with Gasteiger partial charge in [0.25, 0.3) is 0 Å². The zero-order chi connectivity index (χ0) is 20.1. The molecule has 0 amide bonds. The van der Waals surface area contributed by atoms with Gasteiger partial charge in [-0.3, -0.25) is 4.57 Å². The van der Waals surface area contributed by atoms with Gasteiger partial charge in [-0.05, 0) is 31.4 Å². The zero-order valence-electron chi connectivity index (χ0n) is 17.0. The van der Waals surface area contributed by atoms with E-state index in [0.717, 1.165) is 25.0 Å². The van der Waals surface area contributed by atoms with Gasteiger partial charge in [-0.25, -0.2) is 14.4 Å². The first-order valence-corrected chi connectivity index (χ1v) is 9.99. The van der Waals surface area contributed by atoms with Crippen LogP contribution in [0.4, 0.5) is 22.0 Å². The second-order valence-electron chi connectivity index (χ2n) is 7.63. The Hall–Kier alpha value is -2.70. The van der Waals surface area contributed by atoms with Crippen LogP contribution < -0.4 is 10.6 Å². The molecule has 0 bridgehead atoms. The first-order valence-electron chi connectivity index (χ1n) is 9.99. The molecule has 0 fully saturated rings. The van der Waals surface area contributed by atoms with E-state index in [2.05, 4.69) is 48.3 Å². The van der Waals surface area contributed by atoms with Crippen LogP contribution in [0.2, 0.25) is 0 Å². The summed E-state index contributed by atoms with van der Waals surface area (Å²) in [5.74, 6) is 1.23. The Kier molecular flexibility index (Phi) is 6.44. The summed E-state index contributed by atoms with van der Waals surface area (Å²) in [5, 5.41) is 6.49. The first-order chi connectivity index (χ1) is 13.5. The molecule has 0 aliphatic rings. The van der Waals surface area contributed by atoms with E-state index in [4.69, 9.17) is 4.98 Å². The number of nitrogens with one attached hydrogen (secondary N) is 2. The third kappa shape index (κ3) is 4.77. The fraction of sp³-hybridized carbons (Fsp3) is 0.476. The topological polar surface area (TPSA) is 67.7 Å². The summed E-state index contributed by atoms with van der Waals surface area (Å²) in [6.07, 6.45) is 5.13. The van der Waals surface area contributed by atoms with E-state index >= 15 is 0 Å². The number of fused-ring (bicyclic) bond motifs is 1. The molecule has 2 N–H and O–H groups in total. The summed E-state index contributed by atoms with van der Waals surface area (Å²) in [6, 6.07) is 6.89. The lowest BCUT2D eigenvalue weighted by Crippen LogP contribution is -2.17. The Labute approximate surface area is 165 Å². The van der Waals surface area contributed by atoms with Crippen LogP contribution in [-0.4, -0.2) is 25.6 Å². The van der Waals surface area contributed by atoms with Crippen molar-refractivity contribution in [3.8, 4) is 0 Å². The number of unbranched alkanes of at least 4 members (excludes halogenated alkanes) is 1. The van der Waals surface area contributed by atoms with Crippen LogP contribution in [0.1, 0.15) is 47.0 Å². The van der Waals surface area contributed by atoms with Crippen LogP contribution in [-0.2, 0) is 6.54 Å². The highest BCUT2D eigenvalue weighted by molar-refractivity contribution is 5.76. The second-order valence-corrected chi connectivity index (χ2v) is 7.63. The van der Waals surface area contributed by atoms with Crippen molar-refractivity contribution in [2.24, 2.45) is 5.92 Å². The first kappa shape index (κ1) is 20.0. The van der Waals surface area contributed by atoms with Gasteiger partial charge < -0.3 is 10.6 Å². The van der Waals surface area contributed by atoms with Crippen molar-refractivity contribution in [1.29, 1.82) is 0 Å². The molecule has 3 aromatic rings. The molecule has 1 unspecified atom stereocenters. The molecule has 1 atom stereocenters. The van der Waals surface area contributed by atoms with Crippen LogP contribution in [0.3, 0.4) is 0 Å². The third-order valence-electron chi connectivity index (χ3n) is 4.52. The number of anilines is 3. The second kappa shape index (κ2) is 8.99. The Morgan fingerprint density at radius 2 is 1.93 bits per heavy atom. The summed E-state index contributed by atoms with van der Waals surface area (Å²) in [6.45, 7) is 9.30. The summed E-state index contributed by atoms with van der Waals surface area (Å²) >= 11 is 0.